The van der Waals surface area contributed by atoms with Gasteiger partial charge < -0.3 is 9.80 Å². The molecule has 7 nitrogen and oxygen atoms in total. The van der Waals surface area contributed by atoms with Gasteiger partial charge >= 0.3 is 5.69 Å². The summed E-state index contributed by atoms with van der Waals surface area (Å²) in [7, 11) is 0. The fourth-order valence-corrected chi connectivity index (χ4v) is 4.17. The number of halogens is 1. The van der Waals surface area contributed by atoms with E-state index in [1.165, 1.54) is 6.08 Å². The lowest BCUT2D eigenvalue weighted by atomic mass is 10.1. The van der Waals surface area contributed by atoms with Gasteiger partial charge in [-0.1, -0.05) is 32.0 Å². The highest BCUT2D eigenvalue weighted by molar-refractivity contribution is 6.32. The quantitative estimate of drug-likeness (QED) is 0.698. The molecule has 2 aromatic heterocycles. The number of hydrogen-bond donors (Lipinski definition) is 0. The van der Waals surface area contributed by atoms with Crippen LogP contribution < -0.4 is 10.6 Å². The number of anilines is 1. The van der Waals surface area contributed by atoms with Crippen LogP contribution in [0.1, 0.15) is 45.3 Å². The first-order valence-electron chi connectivity index (χ1n) is 10.1. The molecule has 0 bridgehead atoms. The third-order valence-corrected chi connectivity index (χ3v) is 6.08. The molecule has 0 N–H and O–H groups in total. The Hall–Kier alpha value is -2.41. The largest absolute Gasteiger partial charge is 0.351 e. The SMILES string of the molecule is C=CC(=O)N1CCN(c2nc(=O)n(C(CC)CC)c3nc(C)c(Cl)cc23)[C@@H](C)C1. The van der Waals surface area contributed by atoms with E-state index in [0.717, 1.165) is 18.2 Å². The molecule has 8 heteroatoms. The minimum Gasteiger partial charge on any atom is -0.350 e. The van der Waals surface area contributed by atoms with Gasteiger partial charge in [-0.25, -0.2) is 9.78 Å². The Morgan fingerprint density at radius 1 is 1.34 bits per heavy atom. The Kier molecular flexibility index (Phi) is 6.27. The van der Waals surface area contributed by atoms with Crippen LogP contribution in [-0.4, -0.2) is 51.0 Å². The molecule has 2 aromatic rings. The van der Waals surface area contributed by atoms with Gasteiger partial charge in [0.25, 0.3) is 0 Å². The predicted molar refractivity (Wildman–Crippen MR) is 117 cm³/mol. The van der Waals surface area contributed by atoms with Gasteiger partial charge in [-0.15, -0.1) is 0 Å². The molecule has 0 saturated carbocycles. The van der Waals surface area contributed by atoms with Crippen LogP contribution in [0.25, 0.3) is 11.0 Å². The number of nitrogens with zero attached hydrogens (tertiary/aromatic N) is 5. The second-order valence-corrected chi connectivity index (χ2v) is 7.92. The minimum atomic E-state index is -0.299. The molecule has 0 radical (unpaired) electrons. The van der Waals surface area contributed by atoms with Crippen molar-refractivity contribution in [2.24, 2.45) is 0 Å². The number of rotatable bonds is 5. The lowest BCUT2D eigenvalue weighted by molar-refractivity contribution is -0.126. The van der Waals surface area contributed by atoms with Crippen LogP contribution in [-0.2, 0) is 4.79 Å². The molecule has 0 unspecified atom stereocenters. The molecule has 1 saturated heterocycles. The van der Waals surface area contributed by atoms with Crippen molar-refractivity contribution in [2.75, 3.05) is 24.5 Å². The van der Waals surface area contributed by atoms with Crippen LogP contribution in [0.3, 0.4) is 0 Å². The van der Waals surface area contributed by atoms with Gasteiger partial charge in [0.15, 0.2) is 0 Å². The summed E-state index contributed by atoms with van der Waals surface area (Å²) in [5.41, 5.74) is 1.00. The number of aromatic nitrogens is 3. The fourth-order valence-electron chi connectivity index (χ4n) is 4.02. The van der Waals surface area contributed by atoms with Gasteiger partial charge in [-0.3, -0.25) is 9.36 Å². The zero-order chi connectivity index (χ0) is 21.3. The number of carbonyl (C=O) groups excluding carboxylic acids is 1. The topological polar surface area (TPSA) is 71.3 Å². The highest BCUT2D eigenvalue weighted by Crippen LogP contribution is 2.31. The number of carbonyl (C=O) groups is 1. The van der Waals surface area contributed by atoms with Gasteiger partial charge in [0.1, 0.15) is 11.5 Å². The van der Waals surface area contributed by atoms with Crippen molar-refractivity contribution in [2.45, 2.75) is 52.6 Å². The van der Waals surface area contributed by atoms with E-state index in [4.69, 9.17) is 11.6 Å². The summed E-state index contributed by atoms with van der Waals surface area (Å²) < 4.78 is 1.70. The molecule has 1 aliphatic heterocycles. The molecule has 1 aliphatic rings. The van der Waals surface area contributed by atoms with Gasteiger partial charge in [-0.2, -0.15) is 4.98 Å². The molecular weight excluding hydrogens is 390 g/mol. The Balaban J connectivity index is 2.16. The fraction of sp³-hybridized carbons (Fsp3) is 0.524. The van der Waals surface area contributed by atoms with E-state index in [-0.39, 0.29) is 23.7 Å². The summed E-state index contributed by atoms with van der Waals surface area (Å²) in [6, 6.07) is 1.87. The second-order valence-electron chi connectivity index (χ2n) is 7.52. The molecule has 156 valence electrons. The molecular formula is C21H28ClN5O2. The summed E-state index contributed by atoms with van der Waals surface area (Å²) in [6.07, 6.45) is 2.96. The van der Waals surface area contributed by atoms with E-state index in [1.54, 1.807) is 9.47 Å². The van der Waals surface area contributed by atoms with Crippen LogP contribution in [0.4, 0.5) is 5.82 Å². The zero-order valence-corrected chi connectivity index (χ0v) is 18.2. The average Bonchev–Trinajstić information content (AvgIpc) is 2.71. The van der Waals surface area contributed by atoms with Gasteiger partial charge in [-0.05, 0) is 38.8 Å². The highest BCUT2D eigenvalue weighted by Gasteiger charge is 2.29. The van der Waals surface area contributed by atoms with Crippen molar-refractivity contribution in [3.05, 3.63) is 39.9 Å². The smallest absolute Gasteiger partial charge is 0.350 e. The number of piperazine rings is 1. The molecule has 0 aliphatic carbocycles. The molecule has 0 aromatic carbocycles. The third kappa shape index (κ3) is 3.88. The maximum Gasteiger partial charge on any atom is 0.351 e. The zero-order valence-electron chi connectivity index (χ0n) is 17.5. The summed E-state index contributed by atoms with van der Waals surface area (Å²) >= 11 is 6.40. The number of aryl methyl sites for hydroxylation is 1. The summed E-state index contributed by atoms with van der Waals surface area (Å²) in [6.45, 7) is 13.2. The molecule has 1 fully saturated rings. The lowest BCUT2D eigenvalue weighted by Gasteiger charge is -2.40. The van der Waals surface area contributed by atoms with Crippen molar-refractivity contribution in [3.8, 4) is 0 Å². The van der Waals surface area contributed by atoms with Crippen LogP contribution >= 0.6 is 11.6 Å². The Bertz CT molecular complexity index is 999. The molecule has 3 heterocycles. The number of fused-ring (bicyclic) bond motifs is 1. The number of pyridine rings is 1. The normalized spacial score (nSPS) is 17.2. The van der Waals surface area contributed by atoms with Gasteiger partial charge in [0, 0.05) is 31.7 Å². The Morgan fingerprint density at radius 2 is 2.03 bits per heavy atom. The van der Waals surface area contributed by atoms with E-state index >= 15 is 0 Å². The first kappa shape index (κ1) is 21.3. The van der Waals surface area contributed by atoms with Crippen LogP contribution in [0.15, 0.2) is 23.5 Å². The predicted octanol–water partition coefficient (Wildman–Crippen LogP) is 3.34. The Morgan fingerprint density at radius 3 is 2.62 bits per heavy atom. The monoisotopic (exact) mass is 417 g/mol. The minimum absolute atomic E-state index is 0.00757. The first-order valence-corrected chi connectivity index (χ1v) is 10.5. The highest BCUT2D eigenvalue weighted by atomic mass is 35.5. The van der Waals surface area contributed by atoms with Crippen molar-refractivity contribution in [1.82, 2.24) is 19.4 Å². The van der Waals surface area contributed by atoms with E-state index in [9.17, 15) is 9.59 Å². The van der Waals surface area contributed by atoms with E-state index in [2.05, 4.69) is 35.3 Å². The van der Waals surface area contributed by atoms with Crippen LogP contribution in [0, 0.1) is 6.92 Å². The standard InChI is InChI=1S/C21H28ClN5O2/c1-6-15(7-2)27-20-16(11-17(22)14(5)23-20)19(24-21(27)29)26-10-9-25(12-13(26)4)18(28)8-3/h8,11,13,15H,3,6-7,9-10,12H2,1-2,4-5H3/t13-/m0/s1. The maximum absolute atomic E-state index is 13.1. The van der Waals surface area contributed by atoms with Crippen molar-refractivity contribution in [3.63, 3.8) is 0 Å². The van der Waals surface area contributed by atoms with Crippen LogP contribution in [0.5, 0.6) is 0 Å². The van der Waals surface area contributed by atoms with Crippen LogP contribution in [0.2, 0.25) is 5.02 Å². The molecule has 1 atom stereocenters. The number of hydrogen-bond acceptors (Lipinski definition) is 5. The molecule has 29 heavy (non-hydrogen) atoms. The van der Waals surface area contributed by atoms with Gasteiger partial charge in [0.2, 0.25) is 5.91 Å². The van der Waals surface area contributed by atoms with E-state index < -0.39 is 0 Å². The summed E-state index contributed by atoms with van der Waals surface area (Å²) in [5.74, 6) is 0.499. The maximum atomic E-state index is 13.1. The average molecular weight is 418 g/mol. The second kappa shape index (κ2) is 8.53. The van der Waals surface area contributed by atoms with Gasteiger partial charge in [0.05, 0.1) is 16.1 Å². The van der Waals surface area contributed by atoms with E-state index in [0.29, 0.717) is 41.8 Å². The third-order valence-electron chi connectivity index (χ3n) is 5.70. The number of amides is 1. The molecule has 0 spiro atoms. The van der Waals surface area contributed by atoms with E-state index in [1.807, 2.05) is 19.9 Å². The summed E-state index contributed by atoms with van der Waals surface area (Å²) in [4.78, 5) is 38.0. The summed E-state index contributed by atoms with van der Waals surface area (Å²) in [5, 5.41) is 1.31. The Labute approximate surface area is 176 Å². The van der Waals surface area contributed by atoms with Crippen molar-refractivity contribution >= 4 is 34.4 Å². The van der Waals surface area contributed by atoms with Crippen molar-refractivity contribution < 1.29 is 4.79 Å². The van der Waals surface area contributed by atoms with Crippen molar-refractivity contribution in [1.29, 1.82) is 0 Å². The molecule has 3 rings (SSSR count). The lowest BCUT2D eigenvalue weighted by Crippen LogP contribution is -2.54. The molecule has 1 amide bonds. The first-order chi connectivity index (χ1) is 13.8.